The van der Waals surface area contributed by atoms with E-state index in [0.717, 1.165) is 16.9 Å². The number of aryl methyl sites for hydroxylation is 2. The van der Waals surface area contributed by atoms with E-state index in [2.05, 4.69) is 5.10 Å². The van der Waals surface area contributed by atoms with Crippen molar-refractivity contribution in [2.24, 2.45) is 7.05 Å². The third-order valence-electron chi connectivity index (χ3n) is 4.65. The molecule has 1 aliphatic heterocycles. The molecule has 0 spiro atoms. The molecule has 1 aromatic carbocycles. The summed E-state index contributed by atoms with van der Waals surface area (Å²) < 4.78 is 30.9. The van der Waals surface area contributed by atoms with Gasteiger partial charge >= 0.3 is 0 Å². The zero-order valence-corrected chi connectivity index (χ0v) is 15.8. The van der Waals surface area contributed by atoms with Crippen LogP contribution in [-0.4, -0.2) is 54.2 Å². The molecular formula is C18H23N3O4S. The SMILES string of the molecule is COc1ccc(CCC(=O)N2CCS(=O)(=O)CC2c2cnn(C)c2)cc1. The quantitative estimate of drug-likeness (QED) is 0.786. The van der Waals surface area contributed by atoms with Gasteiger partial charge in [-0.1, -0.05) is 12.1 Å². The lowest BCUT2D eigenvalue weighted by Crippen LogP contribution is -2.46. The lowest BCUT2D eigenvalue weighted by Gasteiger charge is -2.35. The molecule has 8 heteroatoms. The van der Waals surface area contributed by atoms with Gasteiger partial charge in [-0.25, -0.2) is 8.42 Å². The van der Waals surface area contributed by atoms with Crippen LogP contribution in [0.25, 0.3) is 0 Å². The molecule has 1 amide bonds. The Morgan fingerprint density at radius 1 is 1.31 bits per heavy atom. The van der Waals surface area contributed by atoms with Gasteiger partial charge in [0, 0.05) is 31.8 Å². The number of benzene rings is 1. The number of carbonyl (C=O) groups excluding carboxylic acids is 1. The first-order valence-corrected chi connectivity index (χ1v) is 10.3. The summed E-state index contributed by atoms with van der Waals surface area (Å²) in [6.45, 7) is 0.226. The van der Waals surface area contributed by atoms with Gasteiger partial charge in [0.25, 0.3) is 0 Å². The van der Waals surface area contributed by atoms with Crippen LogP contribution < -0.4 is 4.74 Å². The minimum Gasteiger partial charge on any atom is -0.497 e. The molecule has 1 aliphatic rings. The van der Waals surface area contributed by atoms with E-state index in [1.807, 2.05) is 24.3 Å². The number of nitrogens with zero attached hydrogens (tertiary/aromatic N) is 3. The van der Waals surface area contributed by atoms with E-state index < -0.39 is 15.9 Å². The number of hydrogen-bond donors (Lipinski definition) is 0. The van der Waals surface area contributed by atoms with E-state index in [4.69, 9.17) is 4.74 Å². The fourth-order valence-corrected chi connectivity index (χ4v) is 4.68. The maximum atomic E-state index is 12.8. The zero-order chi connectivity index (χ0) is 18.7. The summed E-state index contributed by atoms with van der Waals surface area (Å²) >= 11 is 0. The molecule has 0 aliphatic carbocycles. The molecular weight excluding hydrogens is 354 g/mol. The van der Waals surface area contributed by atoms with E-state index in [9.17, 15) is 13.2 Å². The van der Waals surface area contributed by atoms with Crippen LogP contribution in [0.3, 0.4) is 0 Å². The van der Waals surface area contributed by atoms with Crippen LogP contribution in [-0.2, 0) is 28.1 Å². The highest BCUT2D eigenvalue weighted by atomic mass is 32.2. The topological polar surface area (TPSA) is 81.5 Å². The van der Waals surface area contributed by atoms with Crippen molar-refractivity contribution in [3.8, 4) is 5.75 Å². The number of sulfone groups is 1. The Kier molecular flexibility index (Phi) is 5.31. The summed E-state index contributed by atoms with van der Waals surface area (Å²) in [6.07, 6.45) is 4.35. The zero-order valence-electron chi connectivity index (χ0n) is 15.0. The van der Waals surface area contributed by atoms with Crippen LogP contribution in [0.4, 0.5) is 0 Å². The highest BCUT2D eigenvalue weighted by Gasteiger charge is 2.35. The molecule has 1 atom stereocenters. The lowest BCUT2D eigenvalue weighted by molar-refractivity contribution is -0.133. The Labute approximate surface area is 153 Å². The first-order valence-electron chi connectivity index (χ1n) is 8.49. The smallest absolute Gasteiger partial charge is 0.223 e. The summed E-state index contributed by atoms with van der Waals surface area (Å²) in [5.74, 6) is 0.702. The van der Waals surface area contributed by atoms with Gasteiger partial charge in [-0.15, -0.1) is 0 Å². The van der Waals surface area contributed by atoms with Gasteiger partial charge in [-0.2, -0.15) is 5.10 Å². The van der Waals surface area contributed by atoms with Gasteiger partial charge in [0.15, 0.2) is 9.84 Å². The van der Waals surface area contributed by atoms with Crippen molar-refractivity contribution >= 4 is 15.7 Å². The van der Waals surface area contributed by atoms with Crippen LogP contribution in [0.2, 0.25) is 0 Å². The van der Waals surface area contributed by atoms with Gasteiger partial charge < -0.3 is 9.64 Å². The number of carbonyl (C=O) groups is 1. The maximum Gasteiger partial charge on any atom is 0.223 e. The Balaban J connectivity index is 1.71. The summed E-state index contributed by atoms with van der Waals surface area (Å²) in [6, 6.07) is 7.14. The average molecular weight is 377 g/mol. The first kappa shape index (κ1) is 18.4. The monoisotopic (exact) mass is 377 g/mol. The minimum atomic E-state index is -3.16. The average Bonchev–Trinajstić information content (AvgIpc) is 3.05. The van der Waals surface area contributed by atoms with Gasteiger partial charge in [-0.3, -0.25) is 9.48 Å². The molecule has 1 saturated heterocycles. The number of rotatable bonds is 5. The Hall–Kier alpha value is -2.35. The Morgan fingerprint density at radius 2 is 2.04 bits per heavy atom. The van der Waals surface area contributed by atoms with E-state index in [1.54, 1.807) is 36.1 Å². The van der Waals surface area contributed by atoms with Crippen LogP contribution in [0.5, 0.6) is 5.75 Å². The Bertz CT molecular complexity index is 874. The summed E-state index contributed by atoms with van der Waals surface area (Å²) in [5.41, 5.74) is 1.80. The maximum absolute atomic E-state index is 12.8. The van der Waals surface area contributed by atoms with Gasteiger partial charge in [0.2, 0.25) is 5.91 Å². The number of aromatic nitrogens is 2. The lowest BCUT2D eigenvalue weighted by atomic mass is 10.1. The molecule has 3 rings (SSSR count). The molecule has 0 N–H and O–H groups in total. The summed E-state index contributed by atoms with van der Waals surface area (Å²) in [7, 11) is 0.230. The van der Waals surface area contributed by atoms with Crippen LogP contribution in [0, 0.1) is 0 Å². The molecule has 2 heterocycles. The molecule has 1 fully saturated rings. The second kappa shape index (κ2) is 7.49. The van der Waals surface area contributed by atoms with Crippen LogP contribution in [0.15, 0.2) is 36.7 Å². The first-order chi connectivity index (χ1) is 12.4. The normalized spacial score (nSPS) is 19.3. The van der Waals surface area contributed by atoms with Crippen molar-refractivity contribution in [1.29, 1.82) is 0 Å². The molecule has 1 aromatic heterocycles. The molecule has 0 saturated carbocycles. The molecule has 2 aromatic rings. The highest BCUT2D eigenvalue weighted by Crippen LogP contribution is 2.27. The van der Waals surface area contributed by atoms with Crippen molar-refractivity contribution in [1.82, 2.24) is 14.7 Å². The second-order valence-electron chi connectivity index (χ2n) is 6.51. The van der Waals surface area contributed by atoms with E-state index >= 15 is 0 Å². The standard InChI is InChI=1S/C18H23N3O4S/c1-20-12-15(11-19-20)17-13-26(23,24)10-9-21(17)18(22)8-5-14-3-6-16(25-2)7-4-14/h3-4,6-7,11-12,17H,5,8-10,13H2,1-2H3. The second-order valence-corrected chi connectivity index (χ2v) is 8.74. The fraction of sp³-hybridized carbons (Fsp3) is 0.444. The van der Waals surface area contributed by atoms with Gasteiger partial charge in [0.1, 0.15) is 5.75 Å². The number of ether oxygens (including phenoxy) is 1. The highest BCUT2D eigenvalue weighted by molar-refractivity contribution is 7.91. The van der Waals surface area contributed by atoms with Crippen molar-refractivity contribution in [2.45, 2.75) is 18.9 Å². The molecule has 0 radical (unpaired) electrons. The van der Waals surface area contributed by atoms with E-state index in [1.165, 1.54) is 0 Å². The number of hydrogen-bond acceptors (Lipinski definition) is 5. The van der Waals surface area contributed by atoms with Crippen molar-refractivity contribution in [3.63, 3.8) is 0 Å². The van der Waals surface area contributed by atoms with Gasteiger partial charge in [0.05, 0.1) is 30.9 Å². The summed E-state index contributed by atoms with van der Waals surface area (Å²) in [5, 5.41) is 4.12. The predicted molar refractivity (Wildman–Crippen MR) is 97.6 cm³/mol. The van der Waals surface area contributed by atoms with Crippen molar-refractivity contribution in [3.05, 3.63) is 47.8 Å². The minimum absolute atomic E-state index is 0.0119. The molecule has 1 unspecified atom stereocenters. The van der Waals surface area contributed by atoms with Gasteiger partial charge in [-0.05, 0) is 24.1 Å². The molecule has 140 valence electrons. The van der Waals surface area contributed by atoms with Crippen LogP contribution >= 0.6 is 0 Å². The number of amides is 1. The molecule has 26 heavy (non-hydrogen) atoms. The largest absolute Gasteiger partial charge is 0.497 e. The third-order valence-corrected chi connectivity index (χ3v) is 6.28. The molecule has 7 nitrogen and oxygen atoms in total. The van der Waals surface area contributed by atoms with E-state index in [0.29, 0.717) is 12.8 Å². The summed E-state index contributed by atoms with van der Waals surface area (Å²) in [4.78, 5) is 14.5. The predicted octanol–water partition coefficient (Wildman–Crippen LogP) is 1.36. The third kappa shape index (κ3) is 4.24. The van der Waals surface area contributed by atoms with E-state index in [-0.39, 0.29) is 24.0 Å². The molecule has 0 bridgehead atoms. The fourth-order valence-electron chi connectivity index (χ4n) is 3.18. The van der Waals surface area contributed by atoms with Crippen LogP contribution in [0.1, 0.15) is 23.6 Å². The number of methoxy groups -OCH3 is 1. The Morgan fingerprint density at radius 3 is 2.65 bits per heavy atom. The van der Waals surface area contributed by atoms with Crippen molar-refractivity contribution in [2.75, 3.05) is 25.2 Å². The van der Waals surface area contributed by atoms with Crippen molar-refractivity contribution < 1.29 is 17.9 Å².